The third kappa shape index (κ3) is 2.66. The SMILES string of the molecule is COC(=O)C(CC(C)O)(C(=O)OC)C1CCCC1. The van der Waals surface area contributed by atoms with Crippen LogP contribution < -0.4 is 0 Å². The van der Waals surface area contributed by atoms with Crippen LogP contribution in [-0.2, 0) is 19.1 Å². The molecule has 5 nitrogen and oxygen atoms in total. The second-order valence-electron chi connectivity index (χ2n) is 4.99. The molecule has 18 heavy (non-hydrogen) atoms. The summed E-state index contributed by atoms with van der Waals surface area (Å²) in [5.74, 6) is -1.30. The molecule has 1 atom stereocenters. The lowest BCUT2D eigenvalue weighted by Gasteiger charge is -2.34. The third-order valence-electron chi connectivity index (χ3n) is 3.77. The smallest absolute Gasteiger partial charge is 0.323 e. The second-order valence-corrected chi connectivity index (χ2v) is 4.99. The summed E-state index contributed by atoms with van der Waals surface area (Å²) in [7, 11) is 2.52. The lowest BCUT2D eigenvalue weighted by atomic mass is 9.70. The Balaban J connectivity index is 3.14. The molecule has 0 aromatic rings. The van der Waals surface area contributed by atoms with Gasteiger partial charge >= 0.3 is 11.9 Å². The Labute approximate surface area is 107 Å². The van der Waals surface area contributed by atoms with Gasteiger partial charge in [0, 0.05) is 6.42 Å². The number of aliphatic hydroxyl groups excluding tert-OH is 1. The highest BCUT2D eigenvalue weighted by atomic mass is 16.5. The molecule has 1 rings (SSSR count). The van der Waals surface area contributed by atoms with E-state index >= 15 is 0 Å². The van der Waals surface area contributed by atoms with Crippen molar-refractivity contribution in [1.82, 2.24) is 0 Å². The van der Waals surface area contributed by atoms with E-state index < -0.39 is 23.5 Å². The van der Waals surface area contributed by atoms with Gasteiger partial charge in [0.2, 0.25) is 0 Å². The molecule has 1 N–H and O–H groups in total. The molecule has 5 heteroatoms. The number of esters is 2. The Bertz CT molecular complexity index is 289. The van der Waals surface area contributed by atoms with Gasteiger partial charge in [-0.2, -0.15) is 0 Å². The van der Waals surface area contributed by atoms with Crippen LogP contribution in [-0.4, -0.2) is 37.4 Å². The molecule has 0 aliphatic heterocycles. The first-order valence-corrected chi connectivity index (χ1v) is 6.34. The normalized spacial score (nSPS) is 18.4. The number of ether oxygens (including phenoxy) is 2. The number of hydrogen-bond donors (Lipinski definition) is 1. The summed E-state index contributed by atoms with van der Waals surface area (Å²) < 4.78 is 9.60. The highest BCUT2D eigenvalue weighted by molar-refractivity contribution is 6.00. The summed E-state index contributed by atoms with van der Waals surface area (Å²) in [6, 6.07) is 0. The summed E-state index contributed by atoms with van der Waals surface area (Å²) in [5.41, 5.74) is -1.35. The maximum atomic E-state index is 12.1. The van der Waals surface area contributed by atoms with E-state index in [9.17, 15) is 14.7 Å². The fourth-order valence-corrected chi connectivity index (χ4v) is 3.00. The first kappa shape index (κ1) is 15.0. The predicted molar refractivity (Wildman–Crippen MR) is 64.7 cm³/mol. The second kappa shape index (κ2) is 6.18. The van der Waals surface area contributed by atoms with Crippen molar-refractivity contribution in [2.45, 2.75) is 45.1 Å². The fourth-order valence-electron chi connectivity index (χ4n) is 3.00. The predicted octanol–water partition coefficient (Wildman–Crippen LogP) is 1.28. The number of aliphatic hydroxyl groups is 1. The van der Waals surface area contributed by atoms with Gasteiger partial charge in [-0.15, -0.1) is 0 Å². The molecule has 0 aromatic carbocycles. The van der Waals surface area contributed by atoms with Gasteiger partial charge in [0.25, 0.3) is 0 Å². The third-order valence-corrected chi connectivity index (χ3v) is 3.77. The van der Waals surface area contributed by atoms with Crippen LogP contribution >= 0.6 is 0 Å². The average molecular weight is 258 g/mol. The van der Waals surface area contributed by atoms with Gasteiger partial charge in [0.15, 0.2) is 5.41 Å². The van der Waals surface area contributed by atoms with E-state index in [1.54, 1.807) is 6.92 Å². The molecule has 0 aromatic heterocycles. The molecular formula is C13H22O5. The van der Waals surface area contributed by atoms with E-state index in [0.717, 1.165) is 25.7 Å². The molecule has 0 amide bonds. The van der Waals surface area contributed by atoms with Crippen LogP contribution in [0.3, 0.4) is 0 Å². The Hall–Kier alpha value is -1.10. The van der Waals surface area contributed by atoms with Crippen molar-refractivity contribution >= 4 is 11.9 Å². The van der Waals surface area contributed by atoms with E-state index in [-0.39, 0.29) is 12.3 Å². The number of carbonyl (C=O) groups excluding carboxylic acids is 2. The first-order chi connectivity index (χ1) is 8.48. The molecule has 0 saturated heterocycles. The summed E-state index contributed by atoms with van der Waals surface area (Å²) in [5, 5.41) is 9.62. The number of methoxy groups -OCH3 is 2. The van der Waals surface area contributed by atoms with Crippen LogP contribution in [0.2, 0.25) is 0 Å². The van der Waals surface area contributed by atoms with Crippen molar-refractivity contribution in [3.63, 3.8) is 0 Å². The highest BCUT2D eigenvalue weighted by Crippen LogP contribution is 2.45. The molecule has 1 unspecified atom stereocenters. The van der Waals surface area contributed by atoms with Crippen molar-refractivity contribution < 1.29 is 24.2 Å². The Kier molecular flexibility index (Phi) is 5.14. The highest BCUT2D eigenvalue weighted by Gasteiger charge is 2.55. The Morgan fingerprint density at radius 3 is 2.00 bits per heavy atom. The largest absolute Gasteiger partial charge is 0.468 e. The minimum atomic E-state index is -1.35. The van der Waals surface area contributed by atoms with E-state index in [0.29, 0.717) is 0 Å². The molecule has 0 bridgehead atoms. The summed E-state index contributed by atoms with van der Waals surface area (Å²) >= 11 is 0. The van der Waals surface area contributed by atoms with Crippen LogP contribution in [0.25, 0.3) is 0 Å². The van der Waals surface area contributed by atoms with Crippen LogP contribution in [0.5, 0.6) is 0 Å². The van der Waals surface area contributed by atoms with Gasteiger partial charge in [0.05, 0.1) is 20.3 Å². The van der Waals surface area contributed by atoms with Crippen LogP contribution in [0.4, 0.5) is 0 Å². The lowest BCUT2D eigenvalue weighted by molar-refractivity contribution is -0.176. The van der Waals surface area contributed by atoms with Crippen molar-refractivity contribution in [3.05, 3.63) is 0 Å². The monoisotopic (exact) mass is 258 g/mol. The zero-order chi connectivity index (χ0) is 13.8. The van der Waals surface area contributed by atoms with Gasteiger partial charge in [0.1, 0.15) is 0 Å². The van der Waals surface area contributed by atoms with E-state index in [1.807, 2.05) is 0 Å². The molecule has 1 fully saturated rings. The zero-order valence-electron chi connectivity index (χ0n) is 11.3. The number of hydrogen-bond acceptors (Lipinski definition) is 5. The molecule has 1 saturated carbocycles. The minimum Gasteiger partial charge on any atom is -0.468 e. The van der Waals surface area contributed by atoms with Crippen LogP contribution in [0.15, 0.2) is 0 Å². The van der Waals surface area contributed by atoms with Crippen molar-refractivity contribution in [3.8, 4) is 0 Å². The van der Waals surface area contributed by atoms with Crippen molar-refractivity contribution in [1.29, 1.82) is 0 Å². The van der Waals surface area contributed by atoms with E-state index in [1.165, 1.54) is 14.2 Å². The van der Waals surface area contributed by atoms with Gasteiger partial charge in [-0.1, -0.05) is 12.8 Å². The number of rotatable bonds is 5. The maximum Gasteiger partial charge on any atom is 0.323 e. The van der Waals surface area contributed by atoms with Gasteiger partial charge in [-0.3, -0.25) is 9.59 Å². The Morgan fingerprint density at radius 2 is 1.67 bits per heavy atom. The number of carbonyl (C=O) groups is 2. The molecule has 1 aliphatic rings. The minimum absolute atomic E-state index is 0.0526. The molecule has 0 radical (unpaired) electrons. The molecule has 0 heterocycles. The first-order valence-electron chi connectivity index (χ1n) is 6.34. The molecule has 1 aliphatic carbocycles. The van der Waals surface area contributed by atoms with E-state index in [4.69, 9.17) is 9.47 Å². The quantitative estimate of drug-likeness (QED) is 0.594. The molecule has 0 spiro atoms. The zero-order valence-corrected chi connectivity index (χ0v) is 11.3. The molecular weight excluding hydrogens is 236 g/mol. The Morgan fingerprint density at radius 1 is 1.22 bits per heavy atom. The topological polar surface area (TPSA) is 72.8 Å². The van der Waals surface area contributed by atoms with E-state index in [2.05, 4.69) is 0 Å². The maximum absolute atomic E-state index is 12.1. The summed E-state index contributed by atoms with van der Waals surface area (Å²) in [6.45, 7) is 1.57. The van der Waals surface area contributed by atoms with Gasteiger partial charge in [-0.25, -0.2) is 0 Å². The van der Waals surface area contributed by atoms with Crippen molar-refractivity contribution in [2.75, 3.05) is 14.2 Å². The summed E-state index contributed by atoms with van der Waals surface area (Å²) in [6.07, 6.45) is 2.84. The van der Waals surface area contributed by atoms with Crippen LogP contribution in [0.1, 0.15) is 39.0 Å². The standard InChI is InChI=1S/C13H22O5/c1-9(14)8-13(11(15)17-2,12(16)18-3)10-6-4-5-7-10/h9-10,14H,4-8H2,1-3H3. The fraction of sp³-hybridized carbons (Fsp3) is 0.846. The van der Waals surface area contributed by atoms with Crippen molar-refractivity contribution in [2.24, 2.45) is 11.3 Å². The summed E-state index contributed by atoms with van der Waals surface area (Å²) in [4.78, 5) is 24.2. The van der Waals surface area contributed by atoms with Crippen LogP contribution in [0, 0.1) is 11.3 Å². The van der Waals surface area contributed by atoms with Gasteiger partial charge in [-0.05, 0) is 25.7 Å². The lowest BCUT2D eigenvalue weighted by Crippen LogP contribution is -2.48. The van der Waals surface area contributed by atoms with Gasteiger partial charge < -0.3 is 14.6 Å². The molecule has 104 valence electrons. The average Bonchev–Trinajstić information content (AvgIpc) is 2.87.